The number of hydrogen-bond donors (Lipinski definition) is 2. The molecule has 0 radical (unpaired) electrons. The Hall–Kier alpha value is -3.02. The predicted molar refractivity (Wildman–Crippen MR) is 172 cm³/mol. The van der Waals surface area contributed by atoms with Gasteiger partial charge in [-0.3, -0.25) is 9.59 Å². The monoisotopic (exact) mass is 595 g/mol. The van der Waals surface area contributed by atoms with Gasteiger partial charge in [-0.1, -0.05) is 51.3 Å². The Morgan fingerprint density at radius 2 is 1.64 bits per heavy atom. The van der Waals surface area contributed by atoms with Crippen LogP contribution in [0.25, 0.3) is 10.9 Å². The minimum Gasteiger partial charge on any atom is -0.467 e. The molecule has 2 amide bonds. The molecule has 6 aliphatic rings. The molecule has 6 nitrogen and oxygen atoms in total. The third-order valence-corrected chi connectivity index (χ3v) is 12.9. The lowest BCUT2D eigenvalue weighted by molar-refractivity contribution is -0.155. The number of H-pyrrole nitrogens is 1. The summed E-state index contributed by atoms with van der Waals surface area (Å²) in [4.78, 5) is 35.1. The molecule has 6 fully saturated rings. The summed E-state index contributed by atoms with van der Waals surface area (Å²) in [6.45, 7) is 7.13. The van der Waals surface area contributed by atoms with Crippen LogP contribution in [0, 0.1) is 36.0 Å². The molecule has 0 saturated heterocycles. The van der Waals surface area contributed by atoms with E-state index in [0.717, 1.165) is 80.4 Å². The lowest BCUT2D eigenvalue weighted by atomic mass is 9.53. The number of nitrogens with one attached hydrogen (secondary N) is 2. The van der Waals surface area contributed by atoms with Crippen LogP contribution in [0.15, 0.2) is 47.1 Å². The zero-order chi connectivity index (χ0) is 30.3. The fourth-order valence-corrected chi connectivity index (χ4v) is 11.1. The van der Waals surface area contributed by atoms with Gasteiger partial charge < -0.3 is 19.6 Å². The van der Waals surface area contributed by atoms with Crippen LogP contribution in [0.2, 0.25) is 0 Å². The summed E-state index contributed by atoms with van der Waals surface area (Å²) in [5, 5.41) is 4.99. The molecule has 0 aliphatic heterocycles. The Morgan fingerprint density at radius 1 is 0.955 bits per heavy atom. The van der Waals surface area contributed by atoms with Crippen LogP contribution in [0.5, 0.6) is 0 Å². The van der Waals surface area contributed by atoms with E-state index < -0.39 is 5.54 Å². The van der Waals surface area contributed by atoms with Gasteiger partial charge in [-0.25, -0.2) is 0 Å². The summed E-state index contributed by atoms with van der Waals surface area (Å²) in [7, 11) is 0. The number of amides is 2. The SMILES string of the molecule is Cc1[nH]c2ccccc2c1[C@@H]1[C@H](CC(=O)N(Cc2ccco2)C2(C(=O)NC34CC5CC(CC(C5)C3)C4)CCCCC2)C1(C)C. The molecule has 9 rings (SSSR count). The number of aromatic amines is 1. The Morgan fingerprint density at radius 3 is 2.30 bits per heavy atom. The number of benzene rings is 1. The van der Waals surface area contributed by atoms with Gasteiger partial charge in [-0.05, 0) is 117 Å². The highest BCUT2D eigenvalue weighted by atomic mass is 16.3. The van der Waals surface area contributed by atoms with Crippen LogP contribution in [-0.4, -0.2) is 32.8 Å². The largest absolute Gasteiger partial charge is 0.467 e. The second kappa shape index (κ2) is 10.3. The van der Waals surface area contributed by atoms with E-state index in [9.17, 15) is 9.59 Å². The molecule has 3 aromatic rings. The van der Waals surface area contributed by atoms with E-state index in [1.807, 2.05) is 17.0 Å². The van der Waals surface area contributed by atoms with Gasteiger partial charge in [0, 0.05) is 28.6 Å². The number of furan rings is 1. The number of hydrogen-bond acceptors (Lipinski definition) is 3. The maximum absolute atomic E-state index is 14.8. The number of aryl methyl sites for hydroxylation is 1. The first-order valence-corrected chi connectivity index (χ1v) is 17.4. The van der Waals surface area contributed by atoms with Crippen LogP contribution in [-0.2, 0) is 16.1 Å². The van der Waals surface area contributed by atoms with Crippen molar-refractivity contribution in [3.63, 3.8) is 0 Å². The van der Waals surface area contributed by atoms with Crippen molar-refractivity contribution >= 4 is 22.7 Å². The van der Waals surface area contributed by atoms with E-state index in [-0.39, 0.29) is 28.7 Å². The Bertz CT molecular complexity index is 1520. The van der Waals surface area contributed by atoms with Crippen molar-refractivity contribution in [3.8, 4) is 0 Å². The minimum atomic E-state index is -0.823. The first kappa shape index (κ1) is 28.5. The quantitative estimate of drug-likeness (QED) is 0.277. The number of para-hydroxylation sites is 1. The molecule has 2 atom stereocenters. The van der Waals surface area contributed by atoms with Gasteiger partial charge >= 0.3 is 0 Å². The van der Waals surface area contributed by atoms with E-state index in [2.05, 4.69) is 55.3 Å². The topological polar surface area (TPSA) is 78.3 Å². The Balaban J connectivity index is 1.10. The lowest BCUT2D eigenvalue weighted by Crippen LogP contribution is -2.67. The zero-order valence-electron chi connectivity index (χ0n) is 26.8. The van der Waals surface area contributed by atoms with Crippen molar-refractivity contribution in [3.05, 3.63) is 59.7 Å². The zero-order valence-corrected chi connectivity index (χ0v) is 26.8. The molecular formula is C38H49N3O3. The van der Waals surface area contributed by atoms with Crippen LogP contribution in [0.4, 0.5) is 0 Å². The number of aromatic nitrogens is 1. The van der Waals surface area contributed by atoms with Crippen molar-refractivity contribution in [2.75, 3.05) is 0 Å². The summed E-state index contributed by atoms with van der Waals surface area (Å²) in [5.41, 5.74) is 2.82. The lowest BCUT2D eigenvalue weighted by Gasteiger charge is -2.58. The molecule has 0 spiro atoms. The van der Waals surface area contributed by atoms with Gasteiger partial charge in [0.15, 0.2) is 0 Å². The molecule has 2 N–H and O–H groups in total. The molecular weight excluding hydrogens is 546 g/mol. The predicted octanol–water partition coefficient (Wildman–Crippen LogP) is 8.02. The van der Waals surface area contributed by atoms with Crippen molar-refractivity contribution < 1.29 is 14.0 Å². The Kier molecular flexibility index (Phi) is 6.63. The van der Waals surface area contributed by atoms with Crippen LogP contribution in [0.3, 0.4) is 0 Å². The second-order valence-corrected chi connectivity index (χ2v) is 16.1. The number of carbonyl (C=O) groups is 2. The maximum atomic E-state index is 14.8. The van der Waals surface area contributed by atoms with Crippen molar-refractivity contribution in [1.82, 2.24) is 15.2 Å². The minimum absolute atomic E-state index is 0.00290. The first-order chi connectivity index (χ1) is 21.2. The van der Waals surface area contributed by atoms with E-state index >= 15 is 0 Å². The fraction of sp³-hybridized carbons (Fsp3) is 0.632. The van der Waals surface area contributed by atoms with E-state index in [1.54, 1.807) is 6.26 Å². The third kappa shape index (κ3) is 4.57. The molecule has 1 aromatic carbocycles. The smallest absolute Gasteiger partial charge is 0.246 e. The Labute approximate surface area is 261 Å². The van der Waals surface area contributed by atoms with E-state index in [1.165, 1.54) is 35.9 Å². The van der Waals surface area contributed by atoms with Gasteiger partial charge in [-0.2, -0.15) is 0 Å². The standard InChI is InChI=1S/C38H49N3O3/c1-24-33(29-11-5-6-12-31(29)39-24)34-30(36(34,2)3)19-32(42)41(23-28-10-9-15-44-28)38(13-7-4-8-14-38)35(43)40-37-20-25-16-26(21-37)18-27(17-25)22-37/h5-6,9-12,15,25-27,30,34,39H,4,7-8,13-14,16-23H2,1-3H3,(H,40,43)/t25?,26?,27?,30-,34-,37?/m0/s1. The second-order valence-electron chi connectivity index (χ2n) is 16.1. The molecule has 44 heavy (non-hydrogen) atoms. The van der Waals surface area contributed by atoms with Crippen molar-refractivity contribution in [2.45, 2.75) is 121 Å². The first-order valence-electron chi connectivity index (χ1n) is 17.4. The van der Waals surface area contributed by atoms with Gasteiger partial charge in [0.05, 0.1) is 12.8 Å². The highest BCUT2D eigenvalue weighted by molar-refractivity contribution is 5.93. The average Bonchev–Trinajstić information content (AvgIpc) is 3.35. The molecule has 6 heteroatoms. The average molecular weight is 596 g/mol. The number of carbonyl (C=O) groups excluding carboxylic acids is 2. The molecule has 234 valence electrons. The highest BCUT2D eigenvalue weighted by Gasteiger charge is 2.61. The summed E-state index contributed by atoms with van der Waals surface area (Å²) >= 11 is 0. The third-order valence-electron chi connectivity index (χ3n) is 12.9. The fourth-order valence-electron chi connectivity index (χ4n) is 11.1. The van der Waals surface area contributed by atoms with Crippen molar-refractivity contribution in [2.24, 2.45) is 29.1 Å². The normalized spacial score (nSPS) is 32.9. The van der Waals surface area contributed by atoms with Gasteiger partial charge in [0.1, 0.15) is 11.3 Å². The molecule has 0 unspecified atom stereocenters. The molecule has 2 heterocycles. The highest BCUT2D eigenvalue weighted by Crippen LogP contribution is 2.67. The molecule has 2 aromatic heterocycles. The summed E-state index contributed by atoms with van der Waals surface area (Å²) in [6, 6.07) is 12.4. The summed E-state index contributed by atoms with van der Waals surface area (Å²) in [6.07, 6.45) is 14.1. The number of rotatable bonds is 8. The van der Waals surface area contributed by atoms with Crippen molar-refractivity contribution in [1.29, 1.82) is 0 Å². The van der Waals surface area contributed by atoms with E-state index in [0.29, 0.717) is 18.9 Å². The number of nitrogens with zero attached hydrogens (tertiary/aromatic N) is 1. The maximum Gasteiger partial charge on any atom is 0.246 e. The van der Waals surface area contributed by atoms with Crippen LogP contribution < -0.4 is 5.32 Å². The molecule has 6 saturated carbocycles. The van der Waals surface area contributed by atoms with E-state index in [4.69, 9.17) is 4.42 Å². The number of fused-ring (bicyclic) bond motifs is 1. The summed E-state index contributed by atoms with van der Waals surface area (Å²) < 4.78 is 5.84. The van der Waals surface area contributed by atoms with Gasteiger partial charge in [0.2, 0.25) is 11.8 Å². The van der Waals surface area contributed by atoms with Crippen LogP contribution >= 0.6 is 0 Å². The summed E-state index contributed by atoms with van der Waals surface area (Å²) in [5.74, 6) is 3.75. The molecule has 6 aliphatic carbocycles. The van der Waals surface area contributed by atoms with Crippen LogP contribution in [0.1, 0.15) is 114 Å². The van der Waals surface area contributed by atoms with Gasteiger partial charge in [0.25, 0.3) is 0 Å². The van der Waals surface area contributed by atoms with Gasteiger partial charge in [-0.15, -0.1) is 0 Å². The molecule has 4 bridgehead atoms.